The van der Waals surface area contributed by atoms with E-state index in [1.54, 1.807) is 11.0 Å². The van der Waals surface area contributed by atoms with E-state index in [9.17, 15) is 0 Å². The molecule has 0 aliphatic heterocycles. The fraction of sp³-hybridized carbons (Fsp3) is 0.467. The Morgan fingerprint density at radius 1 is 1.37 bits per heavy atom. The zero-order chi connectivity index (χ0) is 13.1. The summed E-state index contributed by atoms with van der Waals surface area (Å²) in [5.74, 6) is 0.916. The number of nitrogens with one attached hydrogen (secondary N) is 1. The molecule has 0 saturated carbocycles. The van der Waals surface area contributed by atoms with Gasteiger partial charge in [-0.25, -0.2) is 4.98 Å². The molecule has 3 rings (SSSR count). The SMILES string of the molecule is Cn1cnc(CCNC2CCCc3ccccc32)n1. The Balaban J connectivity index is 1.59. The summed E-state index contributed by atoms with van der Waals surface area (Å²) in [6, 6.07) is 9.28. The van der Waals surface area contributed by atoms with Gasteiger partial charge in [0.15, 0.2) is 5.82 Å². The molecule has 1 aromatic carbocycles. The van der Waals surface area contributed by atoms with Gasteiger partial charge in [0.25, 0.3) is 0 Å². The summed E-state index contributed by atoms with van der Waals surface area (Å²) in [6.07, 6.45) is 6.37. The molecule has 0 amide bonds. The van der Waals surface area contributed by atoms with E-state index in [2.05, 4.69) is 39.7 Å². The van der Waals surface area contributed by atoms with Gasteiger partial charge in [0.2, 0.25) is 0 Å². The molecule has 0 radical (unpaired) electrons. The van der Waals surface area contributed by atoms with Gasteiger partial charge in [-0.3, -0.25) is 4.68 Å². The molecule has 0 saturated heterocycles. The molecule has 2 aromatic rings. The van der Waals surface area contributed by atoms with Crippen molar-refractivity contribution >= 4 is 0 Å². The lowest BCUT2D eigenvalue weighted by molar-refractivity contribution is 0.460. The van der Waals surface area contributed by atoms with Crippen LogP contribution in [0.5, 0.6) is 0 Å². The summed E-state index contributed by atoms with van der Waals surface area (Å²) in [6.45, 7) is 0.934. The van der Waals surface area contributed by atoms with Crippen molar-refractivity contribution in [2.75, 3.05) is 6.54 Å². The minimum atomic E-state index is 0.494. The van der Waals surface area contributed by atoms with E-state index in [1.165, 1.54) is 30.4 Å². The van der Waals surface area contributed by atoms with Gasteiger partial charge in [-0.2, -0.15) is 5.10 Å². The highest BCUT2D eigenvalue weighted by atomic mass is 15.3. The molecular weight excluding hydrogens is 236 g/mol. The minimum Gasteiger partial charge on any atom is -0.309 e. The molecule has 1 aliphatic carbocycles. The molecule has 0 fully saturated rings. The molecule has 1 unspecified atom stereocenters. The second kappa shape index (κ2) is 5.53. The monoisotopic (exact) mass is 256 g/mol. The van der Waals surface area contributed by atoms with E-state index >= 15 is 0 Å². The van der Waals surface area contributed by atoms with Crippen LogP contribution in [0.4, 0.5) is 0 Å². The summed E-state index contributed by atoms with van der Waals surface area (Å²) < 4.78 is 1.76. The molecule has 4 nitrogen and oxygen atoms in total. The number of fused-ring (bicyclic) bond motifs is 1. The van der Waals surface area contributed by atoms with Crippen LogP contribution < -0.4 is 5.32 Å². The van der Waals surface area contributed by atoms with Crippen molar-refractivity contribution in [3.63, 3.8) is 0 Å². The van der Waals surface area contributed by atoms with Gasteiger partial charge in [-0.15, -0.1) is 0 Å². The normalized spacial score (nSPS) is 18.3. The van der Waals surface area contributed by atoms with Crippen LogP contribution in [-0.2, 0) is 19.9 Å². The molecule has 19 heavy (non-hydrogen) atoms. The van der Waals surface area contributed by atoms with Crippen LogP contribution >= 0.6 is 0 Å². The van der Waals surface area contributed by atoms with Gasteiger partial charge < -0.3 is 5.32 Å². The molecular formula is C15H20N4. The quantitative estimate of drug-likeness (QED) is 0.910. The maximum atomic E-state index is 4.30. The van der Waals surface area contributed by atoms with E-state index in [0.717, 1.165) is 18.8 Å². The van der Waals surface area contributed by atoms with Gasteiger partial charge >= 0.3 is 0 Å². The first-order valence-corrected chi connectivity index (χ1v) is 6.98. The Kier molecular flexibility index (Phi) is 3.60. The van der Waals surface area contributed by atoms with Crippen molar-refractivity contribution in [1.29, 1.82) is 0 Å². The van der Waals surface area contributed by atoms with Crippen LogP contribution in [0.1, 0.15) is 35.8 Å². The van der Waals surface area contributed by atoms with E-state index in [-0.39, 0.29) is 0 Å². The van der Waals surface area contributed by atoms with E-state index in [0.29, 0.717) is 6.04 Å². The first kappa shape index (κ1) is 12.4. The predicted octanol–water partition coefficient (Wildman–Crippen LogP) is 2.02. The number of aromatic nitrogens is 3. The summed E-state index contributed by atoms with van der Waals surface area (Å²) in [7, 11) is 1.90. The second-order valence-corrected chi connectivity index (χ2v) is 5.18. The molecule has 1 heterocycles. The largest absolute Gasteiger partial charge is 0.309 e. The van der Waals surface area contributed by atoms with Crippen molar-refractivity contribution in [2.24, 2.45) is 7.05 Å². The second-order valence-electron chi connectivity index (χ2n) is 5.18. The van der Waals surface area contributed by atoms with Crippen molar-refractivity contribution in [3.8, 4) is 0 Å². The summed E-state index contributed by atoms with van der Waals surface area (Å²) >= 11 is 0. The lowest BCUT2D eigenvalue weighted by atomic mass is 9.88. The highest BCUT2D eigenvalue weighted by molar-refractivity contribution is 5.32. The molecule has 1 atom stereocenters. The molecule has 1 aliphatic rings. The lowest BCUT2D eigenvalue weighted by Gasteiger charge is -2.26. The topological polar surface area (TPSA) is 42.7 Å². The zero-order valence-corrected chi connectivity index (χ0v) is 11.3. The fourth-order valence-electron chi connectivity index (χ4n) is 2.82. The van der Waals surface area contributed by atoms with Crippen molar-refractivity contribution in [2.45, 2.75) is 31.7 Å². The number of rotatable bonds is 4. The average molecular weight is 256 g/mol. The van der Waals surface area contributed by atoms with Crippen LogP contribution in [0.2, 0.25) is 0 Å². The van der Waals surface area contributed by atoms with Crippen LogP contribution in [-0.4, -0.2) is 21.3 Å². The zero-order valence-electron chi connectivity index (χ0n) is 11.3. The number of nitrogens with zero attached hydrogens (tertiary/aromatic N) is 3. The first-order chi connectivity index (χ1) is 9.33. The lowest BCUT2D eigenvalue weighted by Crippen LogP contribution is -2.27. The molecule has 1 N–H and O–H groups in total. The Hall–Kier alpha value is -1.68. The average Bonchev–Trinajstić information content (AvgIpc) is 2.85. The summed E-state index contributed by atoms with van der Waals surface area (Å²) in [4.78, 5) is 4.25. The predicted molar refractivity (Wildman–Crippen MR) is 74.8 cm³/mol. The van der Waals surface area contributed by atoms with Gasteiger partial charge in [0.1, 0.15) is 6.33 Å². The van der Waals surface area contributed by atoms with Crippen molar-refractivity contribution in [3.05, 3.63) is 47.5 Å². The highest BCUT2D eigenvalue weighted by Crippen LogP contribution is 2.29. The van der Waals surface area contributed by atoms with Crippen molar-refractivity contribution < 1.29 is 0 Å². The molecule has 1 aromatic heterocycles. The Labute approximate surface area is 113 Å². The fourth-order valence-corrected chi connectivity index (χ4v) is 2.82. The van der Waals surface area contributed by atoms with Gasteiger partial charge in [0, 0.05) is 26.1 Å². The van der Waals surface area contributed by atoms with Gasteiger partial charge in [0.05, 0.1) is 0 Å². The molecule has 100 valence electrons. The maximum Gasteiger partial charge on any atom is 0.151 e. The maximum absolute atomic E-state index is 4.30. The van der Waals surface area contributed by atoms with Crippen molar-refractivity contribution in [1.82, 2.24) is 20.1 Å². The molecule has 4 heteroatoms. The standard InChI is InChI=1S/C15H20N4/c1-19-11-17-15(18-19)9-10-16-14-8-4-6-12-5-2-3-7-13(12)14/h2-3,5,7,11,14,16H,4,6,8-10H2,1H3. The minimum absolute atomic E-state index is 0.494. The molecule has 0 spiro atoms. The van der Waals surface area contributed by atoms with E-state index in [4.69, 9.17) is 0 Å². The summed E-state index contributed by atoms with van der Waals surface area (Å²) in [5.41, 5.74) is 2.98. The Bertz CT molecular complexity index is 547. The van der Waals surface area contributed by atoms with Crippen LogP contribution in [0.3, 0.4) is 0 Å². The van der Waals surface area contributed by atoms with E-state index < -0.39 is 0 Å². The van der Waals surface area contributed by atoms with Gasteiger partial charge in [-0.1, -0.05) is 24.3 Å². The van der Waals surface area contributed by atoms with Crippen LogP contribution in [0.15, 0.2) is 30.6 Å². The number of aryl methyl sites for hydroxylation is 2. The number of hydrogen-bond acceptors (Lipinski definition) is 3. The van der Waals surface area contributed by atoms with E-state index in [1.807, 2.05) is 7.05 Å². The number of hydrogen-bond donors (Lipinski definition) is 1. The third kappa shape index (κ3) is 2.84. The summed E-state index contributed by atoms with van der Waals surface area (Å²) in [5, 5.41) is 7.95. The van der Waals surface area contributed by atoms with Crippen LogP contribution in [0.25, 0.3) is 0 Å². The van der Waals surface area contributed by atoms with Gasteiger partial charge in [-0.05, 0) is 30.4 Å². The Morgan fingerprint density at radius 3 is 3.11 bits per heavy atom. The molecule has 0 bridgehead atoms. The number of benzene rings is 1. The van der Waals surface area contributed by atoms with Crippen LogP contribution in [0, 0.1) is 0 Å². The third-order valence-corrected chi connectivity index (χ3v) is 3.76. The Morgan fingerprint density at radius 2 is 2.26 bits per heavy atom. The highest BCUT2D eigenvalue weighted by Gasteiger charge is 2.18. The first-order valence-electron chi connectivity index (χ1n) is 6.98. The third-order valence-electron chi connectivity index (χ3n) is 3.76. The smallest absolute Gasteiger partial charge is 0.151 e.